The van der Waals surface area contributed by atoms with E-state index in [1.807, 2.05) is 0 Å². The summed E-state index contributed by atoms with van der Waals surface area (Å²) in [6.45, 7) is 1.83. The fourth-order valence-electron chi connectivity index (χ4n) is 3.38. The second-order valence-corrected chi connectivity index (χ2v) is 7.97. The number of ether oxygens (including phenoxy) is 6. The minimum Gasteiger partial charge on any atom is -0.506 e. The summed E-state index contributed by atoms with van der Waals surface area (Å²) in [6, 6.07) is 8.57. The van der Waals surface area contributed by atoms with Gasteiger partial charge in [-0.3, -0.25) is 0 Å². The molecule has 1 heterocycles. The Bertz CT molecular complexity index is 1200. The maximum atomic E-state index is 12.7. The molecular formula is C25H27NO8S. The van der Waals surface area contributed by atoms with E-state index in [1.54, 1.807) is 43.3 Å². The first kappa shape index (κ1) is 25.8. The minimum absolute atomic E-state index is 0.0303. The second-order valence-electron chi connectivity index (χ2n) is 6.93. The van der Waals surface area contributed by atoms with Gasteiger partial charge in [0.15, 0.2) is 23.0 Å². The average Bonchev–Trinajstić information content (AvgIpc) is 3.17. The Morgan fingerprint density at radius 2 is 1.57 bits per heavy atom. The maximum absolute atomic E-state index is 12.7. The van der Waals surface area contributed by atoms with Gasteiger partial charge in [0.05, 0.1) is 52.7 Å². The van der Waals surface area contributed by atoms with E-state index in [9.17, 15) is 9.90 Å². The Morgan fingerprint density at radius 3 is 2.17 bits per heavy atom. The molecule has 0 bridgehead atoms. The standard InChI is InChI=1S/C25H27NO8S/c1-7-34-25(28)20-21(27)19(12-14-8-10-17(30-3)23(33-6)22(14)32-5)35-24(20)26-15-9-11-16(29-2)18(13-15)31-4/h8-13,27H,7H2,1-6H3/b19-12+,26-24?. The minimum atomic E-state index is -0.681. The van der Waals surface area contributed by atoms with Gasteiger partial charge in [-0.15, -0.1) is 0 Å². The van der Waals surface area contributed by atoms with Gasteiger partial charge in [0.1, 0.15) is 16.4 Å². The van der Waals surface area contributed by atoms with E-state index < -0.39 is 5.97 Å². The normalized spacial score (nSPS) is 15.4. The van der Waals surface area contributed by atoms with Gasteiger partial charge in [-0.05, 0) is 37.3 Å². The predicted octanol–water partition coefficient (Wildman–Crippen LogP) is 4.92. The van der Waals surface area contributed by atoms with E-state index in [0.717, 1.165) is 11.8 Å². The number of aliphatic hydroxyl groups is 1. The zero-order valence-corrected chi connectivity index (χ0v) is 21.1. The summed E-state index contributed by atoms with van der Waals surface area (Å²) in [4.78, 5) is 17.7. The molecule has 2 aromatic rings. The number of hydrogen-bond donors (Lipinski definition) is 1. The zero-order valence-electron chi connectivity index (χ0n) is 20.3. The molecule has 3 rings (SSSR count). The third kappa shape index (κ3) is 5.32. The van der Waals surface area contributed by atoms with Gasteiger partial charge in [0, 0.05) is 11.6 Å². The average molecular weight is 502 g/mol. The van der Waals surface area contributed by atoms with Crippen LogP contribution in [0, 0.1) is 0 Å². The molecule has 0 atom stereocenters. The first-order chi connectivity index (χ1) is 16.9. The smallest absolute Gasteiger partial charge is 0.344 e. The van der Waals surface area contributed by atoms with Crippen LogP contribution in [0.4, 0.5) is 5.69 Å². The second kappa shape index (κ2) is 11.6. The molecule has 0 radical (unpaired) electrons. The number of benzene rings is 2. The quantitative estimate of drug-likeness (QED) is 0.479. The van der Waals surface area contributed by atoms with Crippen molar-refractivity contribution in [3.8, 4) is 28.7 Å². The molecule has 1 aliphatic rings. The van der Waals surface area contributed by atoms with Crippen LogP contribution in [0.3, 0.4) is 0 Å². The van der Waals surface area contributed by atoms with Crippen LogP contribution in [0.2, 0.25) is 0 Å². The third-order valence-electron chi connectivity index (χ3n) is 4.99. The molecule has 9 nitrogen and oxygen atoms in total. The topological polar surface area (TPSA) is 105 Å². The van der Waals surface area contributed by atoms with E-state index in [2.05, 4.69) is 4.99 Å². The summed E-state index contributed by atoms with van der Waals surface area (Å²) >= 11 is 1.12. The van der Waals surface area contributed by atoms with Crippen molar-refractivity contribution in [2.75, 3.05) is 42.2 Å². The van der Waals surface area contributed by atoms with Crippen LogP contribution in [0.15, 0.2) is 51.6 Å². The van der Waals surface area contributed by atoms with Crippen molar-refractivity contribution in [2.45, 2.75) is 6.92 Å². The van der Waals surface area contributed by atoms with Crippen molar-refractivity contribution in [1.29, 1.82) is 0 Å². The monoisotopic (exact) mass is 501 g/mol. The van der Waals surface area contributed by atoms with Crippen LogP contribution in [0.1, 0.15) is 12.5 Å². The SMILES string of the molecule is CCOC(=O)C1=C(O)/C(=C\c2ccc(OC)c(OC)c2OC)SC1=Nc1ccc(OC)c(OC)c1. The van der Waals surface area contributed by atoms with Gasteiger partial charge >= 0.3 is 5.97 Å². The number of hydrogen-bond acceptors (Lipinski definition) is 10. The molecular weight excluding hydrogens is 474 g/mol. The summed E-state index contributed by atoms with van der Waals surface area (Å²) in [5, 5.41) is 11.3. The van der Waals surface area contributed by atoms with Crippen LogP contribution in [-0.2, 0) is 9.53 Å². The van der Waals surface area contributed by atoms with Crippen molar-refractivity contribution in [2.24, 2.45) is 4.99 Å². The van der Waals surface area contributed by atoms with Crippen molar-refractivity contribution in [3.63, 3.8) is 0 Å². The van der Waals surface area contributed by atoms with Crippen LogP contribution < -0.4 is 23.7 Å². The van der Waals surface area contributed by atoms with E-state index in [1.165, 1.54) is 35.5 Å². The number of aliphatic imine (C=N–C) groups is 1. The number of thioether (sulfide) groups is 1. The van der Waals surface area contributed by atoms with Crippen molar-refractivity contribution < 1.29 is 38.3 Å². The lowest BCUT2D eigenvalue weighted by Gasteiger charge is -2.14. The summed E-state index contributed by atoms with van der Waals surface area (Å²) in [7, 11) is 7.59. The van der Waals surface area contributed by atoms with Gasteiger partial charge in [0.25, 0.3) is 0 Å². The number of rotatable bonds is 9. The molecule has 0 spiro atoms. The number of aliphatic hydroxyl groups excluding tert-OH is 1. The number of nitrogens with zero attached hydrogens (tertiary/aromatic N) is 1. The first-order valence-electron chi connectivity index (χ1n) is 10.5. The lowest BCUT2D eigenvalue weighted by molar-refractivity contribution is -0.138. The molecule has 10 heteroatoms. The molecule has 0 fully saturated rings. The van der Waals surface area contributed by atoms with E-state index in [4.69, 9.17) is 28.4 Å². The van der Waals surface area contributed by atoms with Gasteiger partial charge in [-0.25, -0.2) is 9.79 Å². The van der Waals surface area contributed by atoms with Crippen LogP contribution in [-0.4, -0.2) is 58.3 Å². The third-order valence-corrected chi connectivity index (χ3v) is 6.01. The number of esters is 1. The van der Waals surface area contributed by atoms with Crippen molar-refractivity contribution >= 4 is 34.5 Å². The fraction of sp³-hybridized carbons (Fsp3) is 0.280. The molecule has 0 unspecified atom stereocenters. The Morgan fingerprint density at radius 1 is 0.914 bits per heavy atom. The van der Waals surface area contributed by atoms with Gasteiger partial charge in [-0.1, -0.05) is 11.8 Å². The molecule has 0 saturated heterocycles. The molecule has 0 aliphatic carbocycles. The summed E-state index contributed by atoms with van der Waals surface area (Å²) in [5.41, 5.74) is 1.08. The highest BCUT2D eigenvalue weighted by molar-refractivity contribution is 8.18. The molecule has 186 valence electrons. The van der Waals surface area contributed by atoms with Crippen molar-refractivity contribution in [3.05, 3.63) is 52.1 Å². The van der Waals surface area contributed by atoms with Gasteiger partial charge < -0.3 is 33.5 Å². The lowest BCUT2D eigenvalue weighted by atomic mass is 10.1. The van der Waals surface area contributed by atoms with E-state index >= 15 is 0 Å². The zero-order chi connectivity index (χ0) is 25.5. The molecule has 35 heavy (non-hydrogen) atoms. The Balaban J connectivity index is 2.12. The largest absolute Gasteiger partial charge is 0.506 e. The van der Waals surface area contributed by atoms with Crippen LogP contribution in [0.25, 0.3) is 6.08 Å². The molecule has 1 N–H and O–H groups in total. The molecule has 2 aromatic carbocycles. The van der Waals surface area contributed by atoms with Gasteiger partial charge in [0.2, 0.25) is 5.75 Å². The van der Waals surface area contributed by atoms with Gasteiger partial charge in [-0.2, -0.15) is 0 Å². The molecule has 0 saturated carbocycles. The van der Waals surface area contributed by atoms with E-state index in [0.29, 0.717) is 44.9 Å². The summed E-state index contributed by atoms with van der Waals surface area (Å²) in [6.07, 6.45) is 1.68. The highest BCUT2D eigenvalue weighted by atomic mass is 32.2. The molecule has 0 amide bonds. The lowest BCUT2D eigenvalue weighted by Crippen LogP contribution is -2.12. The molecule has 1 aliphatic heterocycles. The number of carbonyl (C=O) groups is 1. The summed E-state index contributed by atoms with van der Waals surface area (Å²) < 4.78 is 32.1. The maximum Gasteiger partial charge on any atom is 0.344 e. The van der Waals surface area contributed by atoms with E-state index in [-0.39, 0.29) is 23.0 Å². The predicted molar refractivity (Wildman–Crippen MR) is 135 cm³/mol. The van der Waals surface area contributed by atoms with Crippen LogP contribution >= 0.6 is 11.8 Å². The highest BCUT2D eigenvalue weighted by Gasteiger charge is 2.33. The molecule has 0 aromatic heterocycles. The fourth-order valence-corrected chi connectivity index (χ4v) is 4.41. The number of methoxy groups -OCH3 is 5. The highest BCUT2D eigenvalue weighted by Crippen LogP contribution is 2.45. The first-order valence-corrected chi connectivity index (χ1v) is 11.3. The van der Waals surface area contributed by atoms with Crippen LogP contribution in [0.5, 0.6) is 28.7 Å². The van der Waals surface area contributed by atoms with Crippen molar-refractivity contribution in [1.82, 2.24) is 0 Å². The Kier molecular flexibility index (Phi) is 8.53. The Labute approximate surface area is 208 Å². The number of carbonyl (C=O) groups excluding carboxylic acids is 1. The summed E-state index contributed by atoms with van der Waals surface area (Å²) in [5.74, 6) is 1.41. The Hall–Kier alpha value is -3.79.